The Morgan fingerprint density at radius 3 is 2.79 bits per heavy atom. The molecule has 14 heavy (non-hydrogen) atoms. The van der Waals surface area contributed by atoms with Gasteiger partial charge in [-0.2, -0.15) is 11.8 Å². The lowest BCUT2D eigenvalue weighted by molar-refractivity contribution is 0.557. The van der Waals surface area contributed by atoms with Gasteiger partial charge in [0.25, 0.3) is 0 Å². The average Bonchev–Trinajstić information content (AvgIpc) is 2.17. The van der Waals surface area contributed by atoms with Gasteiger partial charge in [-0.1, -0.05) is 18.2 Å². The molecule has 0 spiro atoms. The molecule has 1 N–H and O–H groups in total. The molecular formula is C11H16FNS. The van der Waals surface area contributed by atoms with E-state index in [1.165, 1.54) is 6.07 Å². The van der Waals surface area contributed by atoms with Gasteiger partial charge in [-0.3, -0.25) is 0 Å². The largest absolute Gasteiger partial charge is 0.309 e. The molecule has 0 aliphatic rings. The van der Waals surface area contributed by atoms with Crippen molar-refractivity contribution in [2.75, 3.05) is 12.0 Å². The Morgan fingerprint density at radius 2 is 2.14 bits per heavy atom. The molecule has 0 saturated heterocycles. The fourth-order valence-electron chi connectivity index (χ4n) is 1.23. The highest BCUT2D eigenvalue weighted by atomic mass is 32.2. The Bertz CT molecular complexity index is 278. The highest BCUT2D eigenvalue weighted by molar-refractivity contribution is 7.98. The van der Waals surface area contributed by atoms with E-state index in [4.69, 9.17) is 0 Å². The number of benzene rings is 1. The molecule has 0 aliphatic heterocycles. The van der Waals surface area contributed by atoms with Crippen molar-refractivity contribution < 1.29 is 4.39 Å². The van der Waals surface area contributed by atoms with Gasteiger partial charge in [0.1, 0.15) is 5.82 Å². The SMILES string of the molecule is CSCC(C)NCc1ccccc1F. The third kappa shape index (κ3) is 3.68. The summed E-state index contributed by atoms with van der Waals surface area (Å²) >= 11 is 1.79. The quantitative estimate of drug-likeness (QED) is 0.807. The summed E-state index contributed by atoms with van der Waals surface area (Å²) in [6, 6.07) is 7.30. The summed E-state index contributed by atoms with van der Waals surface area (Å²) in [7, 11) is 0. The highest BCUT2D eigenvalue weighted by Gasteiger charge is 2.03. The maximum absolute atomic E-state index is 13.2. The molecule has 1 aromatic carbocycles. The lowest BCUT2D eigenvalue weighted by atomic mass is 10.2. The molecule has 1 atom stereocenters. The number of hydrogen-bond donors (Lipinski definition) is 1. The Kier molecular flexibility index (Phi) is 4.98. The van der Waals surface area contributed by atoms with Crippen molar-refractivity contribution in [3.05, 3.63) is 35.6 Å². The van der Waals surface area contributed by atoms with Crippen LogP contribution < -0.4 is 5.32 Å². The minimum Gasteiger partial charge on any atom is -0.309 e. The van der Waals surface area contributed by atoms with Crippen molar-refractivity contribution in [3.8, 4) is 0 Å². The molecule has 0 heterocycles. The van der Waals surface area contributed by atoms with Crippen LogP contribution in [-0.4, -0.2) is 18.1 Å². The van der Waals surface area contributed by atoms with E-state index >= 15 is 0 Å². The summed E-state index contributed by atoms with van der Waals surface area (Å²) in [5.74, 6) is 0.922. The molecule has 1 rings (SSSR count). The standard InChI is InChI=1S/C11H16FNS/c1-9(8-14-2)13-7-10-5-3-4-6-11(10)12/h3-6,9,13H,7-8H2,1-2H3. The molecular weight excluding hydrogens is 197 g/mol. The van der Waals surface area contributed by atoms with E-state index < -0.39 is 0 Å². The lowest BCUT2D eigenvalue weighted by Crippen LogP contribution is -2.27. The molecule has 1 unspecified atom stereocenters. The van der Waals surface area contributed by atoms with Crippen molar-refractivity contribution in [2.45, 2.75) is 19.5 Å². The van der Waals surface area contributed by atoms with Gasteiger partial charge in [0.15, 0.2) is 0 Å². The first-order valence-electron chi connectivity index (χ1n) is 4.69. The van der Waals surface area contributed by atoms with Crippen molar-refractivity contribution in [1.82, 2.24) is 5.32 Å². The maximum atomic E-state index is 13.2. The zero-order chi connectivity index (χ0) is 10.4. The van der Waals surface area contributed by atoms with Gasteiger partial charge < -0.3 is 5.32 Å². The molecule has 0 amide bonds. The second-order valence-corrected chi connectivity index (χ2v) is 4.24. The van der Waals surface area contributed by atoms with E-state index in [2.05, 4.69) is 18.5 Å². The monoisotopic (exact) mass is 213 g/mol. The van der Waals surface area contributed by atoms with Crippen LogP contribution in [0, 0.1) is 5.82 Å². The van der Waals surface area contributed by atoms with Gasteiger partial charge in [0.05, 0.1) is 0 Å². The Labute approximate surface area is 89.1 Å². The van der Waals surface area contributed by atoms with Crippen LogP contribution in [0.3, 0.4) is 0 Å². The van der Waals surface area contributed by atoms with E-state index in [1.54, 1.807) is 17.8 Å². The summed E-state index contributed by atoms with van der Waals surface area (Å²) in [6.45, 7) is 2.71. The molecule has 78 valence electrons. The molecule has 0 bridgehead atoms. The first kappa shape index (κ1) is 11.5. The van der Waals surface area contributed by atoms with Crippen LogP contribution >= 0.6 is 11.8 Å². The van der Waals surface area contributed by atoms with E-state index in [0.29, 0.717) is 12.6 Å². The molecule has 0 aliphatic carbocycles. The molecule has 1 nitrogen and oxygen atoms in total. The lowest BCUT2D eigenvalue weighted by Gasteiger charge is -2.12. The van der Waals surface area contributed by atoms with Crippen molar-refractivity contribution in [3.63, 3.8) is 0 Å². The third-order valence-corrected chi connectivity index (χ3v) is 2.85. The van der Waals surface area contributed by atoms with E-state index in [0.717, 1.165) is 11.3 Å². The summed E-state index contributed by atoms with van der Waals surface area (Å²) < 4.78 is 13.2. The van der Waals surface area contributed by atoms with Gasteiger partial charge in [-0.25, -0.2) is 4.39 Å². The molecule has 0 saturated carbocycles. The average molecular weight is 213 g/mol. The molecule has 0 radical (unpaired) electrons. The van der Waals surface area contributed by atoms with Gasteiger partial charge in [-0.15, -0.1) is 0 Å². The van der Waals surface area contributed by atoms with E-state index in [9.17, 15) is 4.39 Å². The number of hydrogen-bond acceptors (Lipinski definition) is 2. The van der Waals surface area contributed by atoms with Gasteiger partial charge in [0, 0.05) is 23.9 Å². The van der Waals surface area contributed by atoms with Crippen LogP contribution in [0.15, 0.2) is 24.3 Å². The van der Waals surface area contributed by atoms with E-state index in [1.807, 2.05) is 12.1 Å². The molecule has 0 aromatic heterocycles. The van der Waals surface area contributed by atoms with Gasteiger partial charge in [0.2, 0.25) is 0 Å². The Morgan fingerprint density at radius 1 is 1.43 bits per heavy atom. The second-order valence-electron chi connectivity index (χ2n) is 3.33. The Hall–Kier alpha value is -0.540. The van der Waals surface area contributed by atoms with Gasteiger partial charge >= 0.3 is 0 Å². The Balaban J connectivity index is 2.41. The normalized spacial score (nSPS) is 12.8. The summed E-state index contributed by atoms with van der Waals surface area (Å²) in [5, 5.41) is 3.28. The van der Waals surface area contributed by atoms with Crippen molar-refractivity contribution in [1.29, 1.82) is 0 Å². The molecule has 1 aromatic rings. The fourth-order valence-corrected chi connectivity index (χ4v) is 1.85. The highest BCUT2D eigenvalue weighted by Crippen LogP contribution is 2.06. The number of thioether (sulfide) groups is 1. The van der Waals surface area contributed by atoms with Crippen molar-refractivity contribution >= 4 is 11.8 Å². The fraction of sp³-hybridized carbons (Fsp3) is 0.455. The van der Waals surface area contributed by atoms with Crippen LogP contribution in [0.2, 0.25) is 0 Å². The second kappa shape index (κ2) is 6.04. The predicted molar refractivity (Wildman–Crippen MR) is 61.1 cm³/mol. The van der Waals surface area contributed by atoms with Crippen LogP contribution in [0.5, 0.6) is 0 Å². The zero-order valence-electron chi connectivity index (χ0n) is 8.59. The van der Waals surface area contributed by atoms with Crippen LogP contribution in [0.4, 0.5) is 4.39 Å². The number of halogens is 1. The molecule has 3 heteroatoms. The summed E-state index contributed by atoms with van der Waals surface area (Å²) in [6.07, 6.45) is 2.07. The number of rotatable bonds is 5. The third-order valence-electron chi connectivity index (χ3n) is 2.02. The van der Waals surface area contributed by atoms with Crippen LogP contribution in [0.1, 0.15) is 12.5 Å². The smallest absolute Gasteiger partial charge is 0.127 e. The maximum Gasteiger partial charge on any atom is 0.127 e. The van der Waals surface area contributed by atoms with Crippen LogP contribution in [-0.2, 0) is 6.54 Å². The van der Waals surface area contributed by atoms with Gasteiger partial charge in [-0.05, 0) is 19.2 Å². The zero-order valence-corrected chi connectivity index (χ0v) is 9.40. The first-order valence-corrected chi connectivity index (χ1v) is 6.09. The van der Waals surface area contributed by atoms with Crippen LogP contribution in [0.25, 0.3) is 0 Å². The van der Waals surface area contributed by atoms with E-state index in [-0.39, 0.29) is 5.82 Å². The summed E-state index contributed by atoms with van der Waals surface area (Å²) in [4.78, 5) is 0. The number of nitrogens with one attached hydrogen (secondary N) is 1. The molecule has 0 fully saturated rings. The first-order chi connectivity index (χ1) is 6.74. The predicted octanol–water partition coefficient (Wildman–Crippen LogP) is 2.67. The minimum atomic E-state index is -0.128. The minimum absolute atomic E-state index is 0.128. The summed E-state index contributed by atoms with van der Waals surface area (Å²) in [5.41, 5.74) is 0.737. The van der Waals surface area contributed by atoms with Crippen molar-refractivity contribution in [2.24, 2.45) is 0 Å². The topological polar surface area (TPSA) is 12.0 Å².